The third-order valence-corrected chi connectivity index (χ3v) is 5.18. The predicted molar refractivity (Wildman–Crippen MR) is 101 cm³/mol. The van der Waals surface area contributed by atoms with Crippen molar-refractivity contribution in [1.82, 2.24) is 15.5 Å². The third kappa shape index (κ3) is 3.75. The van der Waals surface area contributed by atoms with E-state index in [1.165, 1.54) is 7.05 Å². The van der Waals surface area contributed by atoms with Crippen LogP contribution in [0.2, 0.25) is 0 Å². The zero-order valence-electron chi connectivity index (χ0n) is 15.8. The maximum Gasteiger partial charge on any atom is 0.255 e. The van der Waals surface area contributed by atoms with Crippen LogP contribution in [0.5, 0.6) is 5.75 Å². The van der Waals surface area contributed by atoms with E-state index in [9.17, 15) is 14.4 Å². The van der Waals surface area contributed by atoms with Gasteiger partial charge in [0.25, 0.3) is 5.91 Å². The summed E-state index contributed by atoms with van der Waals surface area (Å²) in [5, 5.41) is 5.92. The molecule has 3 rings (SSSR count). The second-order valence-electron chi connectivity index (χ2n) is 6.73. The Morgan fingerprint density at radius 1 is 1.37 bits per heavy atom. The highest BCUT2D eigenvalue weighted by atomic mass is 16.5. The summed E-state index contributed by atoms with van der Waals surface area (Å²) in [4.78, 5) is 39.8. The molecule has 1 aromatic rings. The van der Waals surface area contributed by atoms with Gasteiger partial charge in [-0.3, -0.25) is 9.59 Å². The van der Waals surface area contributed by atoms with Crippen LogP contribution in [-0.4, -0.2) is 69.4 Å². The fourth-order valence-corrected chi connectivity index (χ4v) is 3.74. The lowest BCUT2D eigenvalue weighted by Gasteiger charge is -2.31. The van der Waals surface area contributed by atoms with Gasteiger partial charge in [0.05, 0.1) is 12.8 Å². The lowest BCUT2D eigenvalue weighted by molar-refractivity contribution is -0.125. The highest BCUT2D eigenvalue weighted by molar-refractivity contribution is 6.02. The molecule has 0 spiro atoms. The first-order valence-electron chi connectivity index (χ1n) is 9.23. The number of nitrogens with one attached hydrogen (secondary N) is 2. The van der Waals surface area contributed by atoms with E-state index in [-0.39, 0.29) is 18.2 Å². The van der Waals surface area contributed by atoms with Crippen LogP contribution in [0, 0.1) is 0 Å². The van der Waals surface area contributed by atoms with Gasteiger partial charge in [-0.05, 0) is 24.1 Å². The van der Waals surface area contributed by atoms with Crippen molar-refractivity contribution >= 4 is 23.8 Å². The van der Waals surface area contributed by atoms with Gasteiger partial charge in [0.15, 0.2) is 0 Å². The molecule has 0 radical (unpaired) electrons. The molecular formula is C19H26N4O4. The van der Waals surface area contributed by atoms with Gasteiger partial charge in [-0.1, -0.05) is 0 Å². The van der Waals surface area contributed by atoms with Crippen molar-refractivity contribution in [3.8, 4) is 5.75 Å². The molecule has 1 fully saturated rings. The summed E-state index contributed by atoms with van der Waals surface area (Å²) in [5.41, 5.74) is 2.41. The second-order valence-corrected chi connectivity index (χ2v) is 6.73. The zero-order chi connectivity index (χ0) is 19.4. The molecule has 2 aliphatic rings. The number of carbonyl (C=O) groups is 3. The molecule has 146 valence electrons. The predicted octanol–water partition coefficient (Wildman–Crippen LogP) is 0.154. The number of hydrogen-bond donors (Lipinski definition) is 2. The van der Waals surface area contributed by atoms with Crippen molar-refractivity contribution in [3.63, 3.8) is 0 Å². The minimum Gasteiger partial charge on any atom is -0.495 e. The van der Waals surface area contributed by atoms with Gasteiger partial charge < -0.3 is 30.0 Å². The number of benzene rings is 1. The Labute approximate surface area is 158 Å². The number of aldehydes is 1. The van der Waals surface area contributed by atoms with Crippen molar-refractivity contribution in [2.45, 2.75) is 25.4 Å². The lowest BCUT2D eigenvalue weighted by Crippen LogP contribution is -2.46. The Balaban J connectivity index is 1.91. The van der Waals surface area contributed by atoms with Gasteiger partial charge in [0.1, 0.15) is 18.1 Å². The van der Waals surface area contributed by atoms with E-state index in [2.05, 4.69) is 15.5 Å². The summed E-state index contributed by atoms with van der Waals surface area (Å²) in [6, 6.07) is 3.11. The van der Waals surface area contributed by atoms with E-state index in [0.29, 0.717) is 24.3 Å². The van der Waals surface area contributed by atoms with Crippen LogP contribution in [0.25, 0.3) is 0 Å². The largest absolute Gasteiger partial charge is 0.495 e. The number of piperazine rings is 1. The van der Waals surface area contributed by atoms with Crippen LogP contribution in [0.3, 0.4) is 0 Å². The summed E-state index contributed by atoms with van der Waals surface area (Å²) in [5.74, 6) is 0.206. The highest BCUT2D eigenvalue weighted by Gasteiger charge is 2.37. The van der Waals surface area contributed by atoms with E-state index in [1.54, 1.807) is 18.1 Å². The number of anilines is 1. The van der Waals surface area contributed by atoms with E-state index in [4.69, 9.17) is 4.74 Å². The van der Waals surface area contributed by atoms with Gasteiger partial charge in [0, 0.05) is 51.8 Å². The Morgan fingerprint density at radius 3 is 2.74 bits per heavy atom. The third-order valence-electron chi connectivity index (χ3n) is 5.18. The molecule has 0 saturated carbocycles. The molecule has 8 nitrogen and oxygen atoms in total. The Bertz CT molecular complexity index is 731. The Morgan fingerprint density at radius 2 is 2.11 bits per heavy atom. The average molecular weight is 374 g/mol. The van der Waals surface area contributed by atoms with Crippen molar-refractivity contribution < 1.29 is 19.1 Å². The van der Waals surface area contributed by atoms with Crippen LogP contribution >= 0.6 is 0 Å². The monoisotopic (exact) mass is 374 g/mol. The molecule has 1 aromatic carbocycles. The van der Waals surface area contributed by atoms with Crippen LogP contribution in [0.15, 0.2) is 12.1 Å². The normalized spacial score (nSPS) is 17.5. The highest BCUT2D eigenvalue weighted by Crippen LogP contribution is 2.37. The molecule has 2 heterocycles. The van der Waals surface area contributed by atoms with Crippen LogP contribution in [0.1, 0.15) is 28.8 Å². The summed E-state index contributed by atoms with van der Waals surface area (Å²) >= 11 is 0. The minimum absolute atomic E-state index is 0.199. The molecule has 27 heavy (non-hydrogen) atoms. The van der Waals surface area contributed by atoms with Crippen LogP contribution in [0.4, 0.5) is 5.69 Å². The molecule has 0 aromatic heterocycles. The first kappa shape index (κ1) is 19.2. The number of amides is 2. The number of nitrogens with zero attached hydrogens (tertiary/aromatic N) is 2. The average Bonchev–Trinajstić information content (AvgIpc) is 3.03. The van der Waals surface area contributed by atoms with Gasteiger partial charge in [-0.2, -0.15) is 0 Å². The van der Waals surface area contributed by atoms with Gasteiger partial charge in [-0.15, -0.1) is 0 Å². The molecule has 0 bridgehead atoms. The number of rotatable bonds is 7. The molecule has 2 N–H and O–H groups in total. The summed E-state index contributed by atoms with van der Waals surface area (Å²) in [6.07, 6.45) is 1.31. The minimum atomic E-state index is -0.659. The number of fused-ring (bicyclic) bond motifs is 1. The molecule has 2 amide bonds. The number of methoxy groups -OCH3 is 1. The standard InChI is InChI=1S/C19H26N4O4/c1-20-18(25)15(4-3-9-24)23-12-13-10-16(22-7-5-21-6-8-22)17(27-2)11-14(13)19(23)26/h9-11,15,21H,3-8,12H2,1-2H3,(H,20,25). The number of likely N-dealkylation sites (N-methyl/N-ethyl adjacent to an activating group) is 1. The number of ether oxygens (including phenoxy) is 1. The Kier molecular flexibility index (Phi) is 5.95. The van der Waals surface area contributed by atoms with Crippen molar-refractivity contribution in [2.75, 3.05) is 45.2 Å². The Hall–Kier alpha value is -2.61. The number of carbonyl (C=O) groups excluding carboxylic acids is 3. The smallest absolute Gasteiger partial charge is 0.255 e. The molecule has 1 unspecified atom stereocenters. The number of hydrogen-bond acceptors (Lipinski definition) is 6. The molecule has 1 atom stereocenters. The molecule has 2 aliphatic heterocycles. The van der Waals surface area contributed by atoms with E-state index >= 15 is 0 Å². The van der Waals surface area contributed by atoms with Gasteiger partial charge in [0.2, 0.25) is 5.91 Å². The van der Waals surface area contributed by atoms with E-state index < -0.39 is 6.04 Å². The van der Waals surface area contributed by atoms with Crippen molar-refractivity contribution in [1.29, 1.82) is 0 Å². The topological polar surface area (TPSA) is 91.0 Å². The zero-order valence-corrected chi connectivity index (χ0v) is 15.8. The van der Waals surface area contributed by atoms with Crippen molar-refractivity contribution in [3.05, 3.63) is 23.3 Å². The maximum atomic E-state index is 13.0. The fraction of sp³-hybridized carbons (Fsp3) is 0.526. The second kappa shape index (κ2) is 8.39. The first-order chi connectivity index (χ1) is 13.1. The molecular weight excluding hydrogens is 348 g/mol. The SMILES string of the molecule is CNC(=O)C(CCC=O)N1Cc2cc(N3CCNCC3)c(OC)cc2C1=O. The maximum absolute atomic E-state index is 13.0. The molecule has 8 heteroatoms. The van der Waals surface area contributed by atoms with Gasteiger partial charge in [-0.25, -0.2) is 0 Å². The first-order valence-corrected chi connectivity index (χ1v) is 9.23. The van der Waals surface area contributed by atoms with Crippen LogP contribution < -0.4 is 20.3 Å². The van der Waals surface area contributed by atoms with Crippen LogP contribution in [-0.2, 0) is 16.1 Å². The summed E-state index contributed by atoms with van der Waals surface area (Å²) in [7, 11) is 3.14. The van der Waals surface area contributed by atoms with Gasteiger partial charge >= 0.3 is 0 Å². The quantitative estimate of drug-likeness (QED) is 0.661. The van der Waals surface area contributed by atoms with E-state index in [1.807, 2.05) is 6.07 Å². The fourth-order valence-electron chi connectivity index (χ4n) is 3.74. The summed E-state index contributed by atoms with van der Waals surface area (Å²) in [6.45, 7) is 3.89. The van der Waals surface area contributed by atoms with Crippen molar-refractivity contribution in [2.24, 2.45) is 0 Å². The molecule has 1 saturated heterocycles. The summed E-state index contributed by atoms with van der Waals surface area (Å²) < 4.78 is 5.54. The lowest BCUT2D eigenvalue weighted by atomic mass is 10.1. The molecule has 0 aliphatic carbocycles. The van der Waals surface area contributed by atoms with E-state index in [0.717, 1.165) is 43.7 Å².